The molecule has 0 bridgehead atoms. The normalized spacial score (nSPS) is 11.1. The molecule has 0 saturated heterocycles. The van der Waals surface area contributed by atoms with Gasteiger partial charge >= 0.3 is 0 Å². The summed E-state index contributed by atoms with van der Waals surface area (Å²) < 4.78 is 0. The highest BCUT2D eigenvalue weighted by Crippen LogP contribution is 2.10. The van der Waals surface area contributed by atoms with Gasteiger partial charge in [-0.25, -0.2) is 0 Å². The van der Waals surface area contributed by atoms with E-state index in [-0.39, 0.29) is 12.5 Å². The first-order valence-corrected chi connectivity index (χ1v) is 5.42. The SMILES string of the molecule is C#CCNC(=O)C(C)Nc1ccc(C(N)=O)cc1. The number of rotatable bonds is 5. The van der Waals surface area contributed by atoms with E-state index < -0.39 is 11.9 Å². The van der Waals surface area contributed by atoms with Crippen LogP contribution in [0.5, 0.6) is 0 Å². The van der Waals surface area contributed by atoms with Crippen LogP contribution in [0.4, 0.5) is 5.69 Å². The summed E-state index contributed by atoms with van der Waals surface area (Å²) in [4.78, 5) is 22.4. The van der Waals surface area contributed by atoms with Crippen molar-refractivity contribution < 1.29 is 9.59 Å². The third-order valence-electron chi connectivity index (χ3n) is 2.31. The molecule has 0 radical (unpaired) electrons. The third-order valence-corrected chi connectivity index (χ3v) is 2.31. The van der Waals surface area contributed by atoms with Crippen molar-refractivity contribution in [1.29, 1.82) is 0 Å². The van der Waals surface area contributed by atoms with Gasteiger partial charge in [-0.15, -0.1) is 6.42 Å². The van der Waals surface area contributed by atoms with Gasteiger partial charge in [0.05, 0.1) is 6.54 Å². The Morgan fingerprint density at radius 3 is 2.50 bits per heavy atom. The van der Waals surface area contributed by atoms with Crippen LogP contribution in [-0.2, 0) is 4.79 Å². The summed E-state index contributed by atoms with van der Waals surface area (Å²) in [6.45, 7) is 1.92. The van der Waals surface area contributed by atoms with E-state index in [1.54, 1.807) is 31.2 Å². The van der Waals surface area contributed by atoms with Crippen molar-refractivity contribution in [2.24, 2.45) is 5.73 Å². The maximum atomic E-state index is 11.5. The van der Waals surface area contributed by atoms with Crippen LogP contribution in [0.15, 0.2) is 24.3 Å². The van der Waals surface area contributed by atoms with E-state index in [4.69, 9.17) is 12.2 Å². The number of primary amides is 1. The lowest BCUT2D eigenvalue weighted by Gasteiger charge is -2.14. The molecular weight excluding hydrogens is 230 g/mol. The number of hydrogen-bond donors (Lipinski definition) is 3. The molecule has 0 spiro atoms. The molecule has 1 atom stereocenters. The van der Waals surface area contributed by atoms with Crippen LogP contribution in [0.2, 0.25) is 0 Å². The fraction of sp³-hybridized carbons (Fsp3) is 0.231. The summed E-state index contributed by atoms with van der Waals surface area (Å²) in [6, 6.07) is 6.14. The topological polar surface area (TPSA) is 84.2 Å². The van der Waals surface area contributed by atoms with Gasteiger partial charge in [-0.3, -0.25) is 9.59 Å². The minimum atomic E-state index is -0.485. The molecule has 0 fully saturated rings. The van der Waals surface area contributed by atoms with Gasteiger partial charge in [-0.2, -0.15) is 0 Å². The van der Waals surface area contributed by atoms with Gasteiger partial charge < -0.3 is 16.4 Å². The number of nitrogens with two attached hydrogens (primary N) is 1. The standard InChI is InChI=1S/C13H15N3O2/c1-3-8-15-13(18)9(2)16-11-6-4-10(5-7-11)12(14)17/h1,4-7,9,16H,8H2,2H3,(H2,14,17)(H,15,18). The van der Waals surface area contributed by atoms with Gasteiger partial charge in [0, 0.05) is 11.3 Å². The fourth-order valence-electron chi connectivity index (χ4n) is 1.34. The molecule has 94 valence electrons. The molecule has 18 heavy (non-hydrogen) atoms. The number of anilines is 1. The minimum Gasteiger partial charge on any atom is -0.374 e. The van der Waals surface area contributed by atoms with E-state index in [0.29, 0.717) is 5.56 Å². The molecule has 0 saturated carbocycles. The van der Waals surface area contributed by atoms with Crippen molar-refractivity contribution in [3.05, 3.63) is 29.8 Å². The lowest BCUT2D eigenvalue weighted by atomic mass is 10.2. The number of hydrogen-bond acceptors (Lipinski definition) is 3. The lowest BCUT2D eigenvalue weighted by molar-refractivity contribution is -0.121. The zero-order valence-electron chi connectivity index (χ0n) is 10.1. The molecule has 1 unspecified atom stereocenters. The molecule has 5 nitrogen and oxygen atoms in total. The number of terminal acetylenes is 1. The first kappa shape index (κ1) is 13.6. The second-order valence-corrected chi connectivity index (χ2v) is 3.73. The van der Waals surface area contributed by atoms with Gasteiger partial charge in [0.25, 0.3) is 0 Å². The Bertz CT molecular complexity index is 474. The average Bonchev–Trinajstić information content (AvgIpc) is 2.36. The number of carbonyl (C=O) groups is 2. The molecule has 0 aromatic heterocycles. The molecule has 0 aliphatic rings. The van der Waals surface area contributed by atoms with Crippen LogP contribution in [0, 0.1) is 12.3 Å². The molecular formula is C13H15N3O2. The molecule has 1 aromatic carbocycles. The van der Waals surface area contributed by atoms with Crippen molar-refractivity contribution in [3.63, 3.8) is 0 Å². The fourth-order valence-corrected chi connectivity index (χ4v) is 1.34. The van der Waals surface area contributed by atoms with E-state index in [0.717, 1.165) is 5.69 Å². The number of benzene rings is 1. The first-order chi connectivity index (χ1) is 8.54. The van der Waals surface area contributed by atoms with Gasteiger partial charge in [0.2, 0.25) is 11.8 Å². The summed E-state index contributed by atoms with van der Waals surface area (Å²) in [5.74, 6) is 1.65. The van der Waals surface area contributed by atoms with Crippen molar-refractivity contribution in [1.82, 2.24) is 5.32 Å². The zero-order valence-corrected chi connectivity index (χ0v) is 10.1. The molecule has 2 amide bonds. The molecule has 0 aliphatic heterocycles. The third kappa shape index (κ3) is 3.83. The molecule has 4 N–H and O–H groups in total. The Labute approximate surface area is 106 Å². The lowest BCUT2D eigenvalue weighted by Crippen LogP contribution is -2.37. The Morgan fingerprint density at radius 2 is 2.00 bits per heavy atom. The van der Waals surface area contributed by atoms with Crippen LogP contribution >= 0.6 is 0 Å². The first-order valence-electron chi connectivity index (χ1n) is 5.42. The second-order valence-electron chi connectivity index (χ2n) is 3.73. The Balaban J connectivity index is 2.59. The van der Waals surface area contributed by atoms with Crippen LogP contribution < -0.4 is 16.4 Å². The van der Waals surface area contributed by atoms with Crippen molar-refractivity contribution in [2.45, 2.75) is 13.0 Å². The van der Waals surface area contributed by atoms with Gasteiger partial charge in [0.1, 0.15) is 6.04 Å². The maximum Gasteiger partial charge on any atom is 0.248 e. The highest BCUT2D eigenvalue weighted by molar-refractivity contribution is 5.93. The van der Waals surface area contributed by atoms with Gasteiger partial charge in [0.15, 0.2) is 0 Å². The molecule has 5 heteroatoms. The van der Waals surface area contributed by atoms with Crippen LogP contribution in [0.1, 0.15) is 17.3 Å². The van der Waals surface area contributed by atoms with Crippen molar-refractivity contribution in [2.75, 3.05) is 11.9 Å². The largest absolute Gasteiger partial charge is 0.374 e. The van der Waals surface area contributed by atoms with E-state index in [1.807, 2.05) is 0 Å². The van der Waals surface area contributed by atoms with E-state index in [1.165, 1.54) is 0 Å². The zero-order chi connectivity index (χ0) is 13.5. The van der Waals surface area contributed by atoms with Crippen LogP contribution in [-0.4, -0.2) is 24.4 Å². The van der Waals surface area contributed by atoms with Crippen LogP contribution in [0.3, 0.4) is 0 Å². The van der Waals surface area contributed by atoms with Crippen molar-refractivity contribution in [3.8, 4) is 12.3 Å². The van der Waals surface area contributed by atoms with E-state index in [2.05, 4.69) is 16.6 Å². The second kappa shape index (κ2) is 6.30. The predicted octanol–water partition coefficient (Wildman–Crippen LogP) is 0.335. The van der Waals surface area contributed by atoms with Gasteiger partial charge in [-0.1, -0.05) is 5.92 Å². The Hall–Kier alpha value is -2.48. The number of nitrogens with one attached hydrogen (secondary N) is 2. The van der Waals surface area contributed by atoms with Crippen molar-refractivity contribution >= 4 is 17.5 Å². The van der Waals surface area contributed by atoms with E-state index >= 15 is 0 Å². The quantitative estimate of drug-likeness (QED) is 0.654. The van der Waals surface area contributed by atoms with Crippen LogP contribution in [0.25, 0.3) is 0 Å². The molecule has 1 aromatic rings. The number of carbonyl (C=O) groups excluding carboxylic acids is 2. The Kier molecular flexibility index (Phi) is 4.76. The maximum absolute atomic E-state index is 11.5. The van der Waals surface area contributed by atoms with E-state index in [9.17, 15) is 9.59 Å². The summed E-state index contributed by atoms with van der Waals surface area (Å²) in [7, 11) is 0. The summed E-state index contributed by atoms with van der Waals surface area (Å²) >= 11 is 0. The predicted molar refractivity (Wildman–Crippen MR) is 69.9 cm³/mol. The molecule has 1 rings (SSSR count). The Morgan fingerprint density at radius 1 is 1.39 bits per heavy atom. The summed E-state index contributed by atoms with van der Waals surface area (Å²) in [5.41, 5.74) is 6.27. The monoisotopic (exact) mass is 245 g/mol. The summed E-state index contributed by atoms with van der Waals surface area (Å²) in [5, 5.41) is 5.55. The van der Waals surface area contributed by atoms with Gasteiger partial charge in [-0.05, 0) is 31.2 Å². The summed E-state index contributed by atoms with van der Waals surface area (Å²) in [6.07, 6.45) is 5.05. The average molecular weight is 245 g/mol. The minimum absolute atomic E-state index is 0.188. The molecule has 0 heterocycles. The highest BCUT2D eigenvalue weighted by Gasteiger charge is 2.11. The number of amides is 2. The highest BCUT2D eigenvalue weighted by atomic mass is 16.2. The molecule has 0 aliphatic carbocycles. The smallest absolute Gasteiger partial charge is 0.248 e.